The van der Waals surface area contributed by atoms with Crippen molar-refractivity contribution >= 4 is 10.0 Å². The van der Waals surface area contributed by atoms with Crippen LogP contribution in [0.2, 0.25) is 0 Å². The average molecular weight is 314 g/mol. The molecule has 0 saturated heterocycles. The third kappa shape index (κ3) is 5.65. The van der Waals surface area contributed by atoms with Crippen LogP contribution >= 0.6 is 0 Å². The number of methoxy groups -OCH3 is 1. The van der Waals surface area contributed by atoms with Gasteiger partial charge in [0.1, 0.15) is 5.75 Å². The smallest absolute Gasteiger partial charge is 0.240 e. The molecule has 0 aliphatic carbocycles. The summed E-state index contributed by atoms with van der Waals surface area (Å²) in [7, 11) is -1.85. The van der Waals surface area contributed by atoms with Crippen LogP contribution in [0.3, 0.4) is 0 Å². The van der Waals surface area contributed by atoms with Crippen molar-refractivity contribution in [1.29, 1.82) is 0 Å². The van der Waals surface area contributed by atoms with Crippen molar-refractivity contribution in [2.24, 2.45) is 0 Å². The minimum atomic E-state index is -3.44. The summed E-state index contributed by atoms with van der Waals surface area (Å²) in [6.07, 6.45) is 2.82. The van der Waals surface area contributed by atoms with Crippen molar-refractivity contribution in [1.82, 2.24) is 10.0 Å². The summed E-state index contributed by atoms with van der Waals surface area (Å²) in [5, 5.41) is 3.26. The lowest BCUT2D eigenvalue weighted by Crippen LogP contribution is -2.25. The summed E-state index contributed by atoms with van der Waals surface area (Å²) in [4.78, 5) is 0.285. The van der Waals surface area contributed by atoms with Gasteiger partial charge in [-0.2, -0.15) is 0 Å². The second-order valence-electron chi connectivity index (χ2n) is 4.90. The van der Waals surface area contributed by atoms with Gasteiger partial charge in [-0.05, 0) is 37.6 Å². The standard InChI is InChI=1S/C15H26N2O3S/c1-4-6-10-17-21(18,19)14-7-8-15(20-3)13(11-14)12-16-9-5-2/h7-8,11,16-17H,4-6,9-10,12H2,1-3H3. The topological polar surface area (TPSA) is 67.4 Å². The average Bonchev–Trinajstić information content (AvgIpc) is 2.47. The Morgan fingerprint density at radius 3 is 2.52 bits per heavy atom. The molecule has 1 aromatic rings. The molecule has 0 aliphatic rings. The zero-order valence-corrected chi connectivity index (χ0v) is 13.9. The Kier molecular flexibility index (Phi) is 7.71. The van der Waals surface area contributed by atoms with Crippen molar-refractivity contribution in [3.8, 4) is 5.75 Å². The van der Waals surface area contributed by atoms with Gasteiger partial charge in [0.15, 0.2) is 0 Å². The number of benzene rings is 1. The molecule has 0 aromatic heterocycles. The van der Waals surface area contributed by atoms with Gasteiger partial charge in [0, 0.05) is 18.7 Å². The van der Waals surface area contributed by atoms with E-state index in [-0.39, 0.29) is 4.90 Å². The van der Waals surface area contributed by atoms with Crippen LogP contribution in [0.4, 0.5) is 0 Å². The largest absolute Gasteiger partial charge is 0.496 e. The predicted molar refractivity (Wildman–Crippen MR) is 85.1 cm³/mol. The number of ether oxygens (including phenoxy) is 1. The van der Waals surface area contributed by atoms with Crippen LogP contribution in [0.1, 0.15) is 38.7 Å². The number of unbranched alkanes of at least 4 members (excludes halogenated alkanes) is 1. The van der Waals surface area contributed by atoms with Crippen LogP contribution in [-0.4, -0.2) is 28.6 Å². The lowest BCUT2D eigenvalue weighted by Gasteiger charge is -2.12. The van der Waals surface area contributed by atoms with Crippen molar-refractivity contribution in [3.63, 3.8) is 0 Å². The molecule has 0 bridgehead atoms. The number of rotatable bonds is 10. The highest BCUT2D eigenvalue weighted by molar-refractivity contribution is 7.89. The van der Waals surface area contributed by atoms with Gasteiger partial charge in [-0.15, -0.1) is 0 Å². The van der Waals surface area contributed by atoms with Crippen LogP contribution < -0.4 is 14.8 Å². The van der Waals surface area contributed by atoms with Crippen LogP contribution in [0.5, 0.6) is 5.75 Å². The van der Waals surface area contributed by atoms with E-state index in [4.69, 9.17) is 4.74 Å². The van der Waals surface area contributed by atoms with E-state index in [1.54, 1.807) is 25.3 Å². The fourth-order valence-corrected chi connectivity index (χ4v) is 3.05. The molecule has 2 N–H and O–H groups in total. The Bertz CT molecular complexity index is 530. The lowest BCUT2D eigenvalue weighted by atomic mass is 10.2. The van der Waals surface area contributed by atoms with Gasteiger partial charge in [-0.25, -0.2) is 13.1 Å². The molecule has 0 atom stereocenters. The summed E-state index contributed by atoms with van der Waals surface area (Å²) < 4.78 is 32.3. The van der Waals surface area contributed by atoms with Crippen LogP contribution in [0, 0.1) is 0 Å². The van der Waals surface area contributed by atoms with Crippen molar-refractivity contribution < 1.29 is 13.2 Å². The molecule has 1 rings (SSSR count). The fraction of sp³-hybridized carbons (Fsp3) is 0.600. The second kappa shape index (κ2) is 9.02. The Morgan fingerprint density at radius 2 is 1.90 bits per heavy atom. The van der Waals surface area contributed by atoms with E-state index < -0.39 is 10.0 Å². The molecule has 6 heteroatoms. The Morgan fingerprint density at radius 1 is 1.14 bits per heavy atom. The maximum absolute atomic E-state index is 12.2. The van der Waals surface area contributed by atoms with Gasteiger partial charge in [0.05, 0.1) is 12.0 Å². The number of hydrogen-bond donors (Lipinski definition) is 2. The number of nitrogens with one attached hydrogen (secondary N) is 2. The van der Waals surface area contributed by atoms with Crippen molar-refractivity contribution in [2.45, 2.75) is 44.6 Å². The first-order chi connectivity index (χ1) is 10.0. The van der Waals surface area contributed by atoms with Crippen LogP contribution in [-0.2, 0) is 16.6 Å². The van der Waals surface area contributed by atoms with Crippen molar-refractivity contribution in [2.75, 3.05) is 20.2 Å². The maximum Gasteiger partial charge on any atom is 0.240 e. The molecule has 5 nitrogen and oxygen atoms in total. The summed E-state index contributed by atoms with van der Waals surface area (Å²) >= 11 is 0. The number of hydrogen-bond acceptors (Lipinski definition) is 4. The molecular weight excluding hydrogens is 288 g/mol. The molecule has 1 aromatic carbocycles. The van der Waals surface area contributed by atoms with E-state index in [9.17, 15) is 8.42 Å². The van der Waals surface area contributed by atoms with Gasteiger partial charge in [-0.3, -0.25) is 0 Å². The lowest BCUT2D eigenvalue weighted by molar-refractivity contribution is 0.407. The van der Waals surface area contributed by atoms with Gasteiger partial charge < -0.3 is 10.1 Å². The van der Waals surface area contributed by atoms with E-state index in [2.05, 4.69) is 17.0 Å². The van der Waals surface area contributed by atoms with Crippen LogP contribution in [0.15, 0.2) is 23.1 Å². The Labute approximate surface area is 128 Å². The molecule has 0 unspecified atom stereocenters. The summed E-state index contributed by atoms with van der Waals surface area (Å²) in [5.41, 5.74) is 0.851. The molecule has 0 aliphatic heterocycles. The Balaban J connectivity index is 2.90. The quantitative estimate of drug-likeness (QED) is 0.650. The molecule has 0 heterocycles. The highest BCUT2D eigenvalue weighted by Gasteiger charge is 2.15. The third-order valence-electron chi connectivity index (χ3n) is 3.13. The summed E-state index contributed by atoms with van der Waals surface area (Å²) in [5.74, 6) is 0.700. The first-order valence-electron chi connectivity index (χ1n) is 7.42. The van der Waals surface area contributed by atoms with Gasteiger partial charge >= 0.3 is 0 Å². The first kappa shape index (κ1) is 17.9. The van der Waals surface area contributed by atoms with Crippen LogP contribution in [0.25, 0.3) is 0 Å². The molecule has 0 amide bonds. The fourth-order valence-electron chi connectivity index (χ4n) is 1.93. The van der Waals surface area contributed by atoms with Gasteiger partial charge in [0.25, 0.3) is 0 Å². The van der Waals surface area contributed by atoms with E-state index in [0.29, 0.717) is 18.8 Å². The normalized spacial score (nSPS) is 11.6. The number of sulfonamides is 1. The molecule has 21 heavy (non-hydrogen) atoms. The van der Waals surface area contributed by atoms with E-state index in [1.807, 2.05) is 6.92 Å². The van der Waals surface area contributed by atoms with E-state index >= 15 is 0 Å². The van der Waals surface area contributed by atoms with Gasteiger partial charge in [0.2, 0.25) is 10.0 Å². The predicted octanol–water partition coefficient (Wildman–Crippen LogP) is 2.27. The zero-order chi connectivity index (χ0) is 15.7. The molecular formula is C15H26N2O3S. The molecule has 0 spiro atoms. The minimum Gasteiger partial charge on any atom is -0.496 e. The van der Waals surface area contributed by atoms with E-state index in [0.717, 1.165) is 31.4 Å². The minimum absolute atomic E-state index is 0.285. The van der Waals surface area contributed by atoms with Crippen molar-refractivity contribution in [3.05, 3.63) is 23.8 Å². The monoisotopic (exact) mass is 314 g/mol. The molecule has 0 saturated carbocycles. The first-order valence-corrected chi connectivity index (χ1v) is 8.90. The maximum atomic E-state index is 12.2. The zero-order valence-electron chi connectivity index (χ0n) is 13.1. The SMILES string of the molecule is CCCCNS(=O)(=O)c1ccc(OC)c(CNCCC)c1. The molecule has 120 valence electrons. The van der Waals surface area contributed by atoms with E-state index in [1.165, 1.54) is 0 Å². The Hall–Kier alpha value is -1.11. The third-order valence-corrected chi connectivity index (χ3v) is 4.59. The summed E-state index contributed by atoms with van der Waals surface area (Å²) in [6.45, 7) is 6.06. The highest BCUT2D eigenvalue weighted by Crippen LogP contribution is 2.22. The molecule has 0 fully saturated rings. The highest BCUT2D eigenvalue weighted by atomic mass is 32.2. The summed E-state index contributed by atoms with van der Waals surface area (Å²) in [6, 6.07) is 4.96. The molecule has 0 radical (unpaired) electrons. The second-order valence-corrected chi connectivity index (χ2v) is 6.67. The van der Waals surface area contributed by atoms with Gasteiger partial charge in [-0.1, -0.05) is 20.3 Å².